The molecule has 90 valence electrons. The van der Waals surface area contributed by atoms with E-state index in [9.17, 15) is 0 Å². The molecule has 0 aliphatic carbocycles. The molecule has 0 amide bonds. The zero-order valence-electron chi connectivity index (χ0n) is 10.6. The van der Waals surface area contributed by atoms with Crippen molar-refractivity contribution in [3.8, 4) is 0 Å². The number of H-pyrrole nitrogens is 1. The molecule has 16 heavy (non-hydrogen) atoms. The Balaban J connectivity index is 3.22. The van der Waals surface area contributed by atoms with Crippen LogP contribution in [0.4, 0.5) is 0 Å². The Labute approximate surface area is 102 Å². The fourth-order valence-corrected chi connectivity index (χ4v) is 2.28. The third-order valence-corrected chi connectivity index (χ3v) is 3.07. The van der Waals surface area contributed by atoms with E-state index >= 15 is 0 Å². The molecule has 1 aromatic heterocycles. The first-order valence-electron chi connectivity index (χ1n) is 5.63. The van der Waals surface area contributed by atoms with Gasteiger partial charge in [-0.3, -0.25) is 0 Å². The smallest absolute Gasteiger partial charge is 0.137 e. The summed E-state index contributed by atoms with van der Waals surface area (Å²) in [4.78, 5) is 7.73. The first-order valence-corrected chi connectivity index (χ1v) is 6.04. The number of nitrogens with zero attached hydrogens (tertiary/aromatic N) is 1. The van der Waals surface area contributed by atoms with Gasteiger partial charge in [0.05, 0.1) is 0 Å². The van der Waals surface area contributed by atoms with Crippen LogP contribution in [0.3, 0.4) is 0 Å². The van der Waals surface area contributed by atoms with Crippen molar-refractivity contribution in [2.24, 2.45) is 5.92 Å². The van der Waals surface area contributed by atoms with Gasteiger partial charge in [-0.05, 0) is 19.3 Å². The largest absolute Gasteiger partial charge is 0.373 e. The number of ether oxygens (including phenoxy) is 1. The highest BCUT2D eigenvalue weighted by molar-refractivity contribution is 7.71. The van der Waals surface area contributed by atoms with Gasteiger partial charge < -0.3 is 9.72 Å². The third-order valence-electron chi connectivity index (χ3n) is 2.73. The summed E-state index contributed by atoms with van der Waals surface area (Å²) in [5.41, 5.74) is 2.22. The Morgan fingerprint density at radius 1 is 1.44 bits per heavy atom. The summed E-state index contributed by atoms with van der Waals surface area (Å²) in [6.45, 7) is 8.34. The normalized spacial score (nSPS) is 13.1. The molecule has 1 N–H and O–H groups in total. The van der Waals surface area contributed by atoms with Crippen molar-refractivity contribution >= 4 is 12.2 Å². The SMILES string of the molecule is CCc1c(C)[nH]c(C(OC)C(C)C)nc1=S. The van der Waals surface area contributed by atoms with Crippen molar-refractivity contribution in [1.82, 2.24) is 9.97 Å². The van der Waals surface area contributed by atoms with E-state index in [4.69, 9.17) is 17.0 Å². The van der Waals surface area contributed by atoms with Crippen LogP contribution in [-0.2, 0) is 11.2 Å². The molecule has 1 rings (SSSR count). The van der Waals surface area contributed by atoms with Gasteiger partial charge in [-0.25, -0.2) is 4.98 Å². The van der Waals surface area contributed by atoms with E-state index < -0.39 is 0 Å². The number of nitrogens with one attached hydrogen (secondary N) is 1. The summed E-state index contributed by atoms with van der Waals surface area (Å²) in [6, 6.07) is 0. The van der Waals surface area contributed by atoms with Crippen molar-refractivity contribution in [1.29, 1.82) is 0 Å². The first kappa shape index (κ1) is 13.3. The third kappa shape index (κ3) is 2.68. The van der Waals surface area contributed by atoms with Crippen molar-refractivity contribution < 1.29 is 4.74 Å². The minimum atomic E-state index is -0.0219. The molecule has 1 heterocycles. The fourth-order valence-electron chi connectivity index (χ4n) is 1.88. The molecule has 0 aromatic carbocycles. The summed E-state index contributed by atoms with van der Waals surface area (Å²) >= 11 is 5.29. The van der Waals surface area contributed by atoms with Gasteiger partial charge in [0, 0.05) is 18.4 Å². The van der Waals surface area contributed by atoms with Gasteiger partial charge in [-0.1, -0.05) is 33.0 Å². The maximum Gasteiger partial charge on any atom is 0.137 e. The monoisotopic (exact) mass is 240 g/mol. The van der Waals surface area contributed by atoms with E-state index in [0.717, 1.165) is 23.5 Å². The average Bonchev–Trinajstić information content (AvgIpc) is 2.17. The van der Waals surface area contributed by atoms with Gasteiger partial charge in [-0.2, -0.15) is 0 Å². The lowest BCUT2D eigenvalue weighted by Crippen LogP contribution is -2.14. The van der Waals surface area contributed by atoms with E-state index in [0.29, 0.717) is 10.6 Å². The lowest BCUT2D eigenvalue weighted by molar-refractivity contribution is 0.0572. The molecule has 1 atom stereocenters. The molecule has 0 fully saturated rings. The molecule has 4 heteroatoms. The molecule has 0 spiro atoms. The predicted molar refractivity (Wildman–Crippen MR) is 68.1 cm³/mol. The van der Waals surface area contributed by atoms with Crippen LogP contribution in [0, 0.1) is 17.5 Å². The van der Waals surface area contributed by atoms with Crippen LogP contribution in [0.25, 0.3) is 0 Å². The topological polar surface area (TPSA) is 37.9 Å². The van der Waals surface area contributed by atoms with Crippen LogP contribution in [0.2, 0.25) is 0 Å². The van der Waals surface area contributed by atoms with Gasteiger partial charge in [-0.15, -0.1) is 0 Å². The Kier molecular flexibility index (Phi) is 4.62. The van der Waals surface area contributed by atoms with Gasteiger partial charge in [0.15, 0.2) is 0 Å². The molecule has 1 aromatic rings. The van der Waals surface area contributed by atoms with Gasteiger partial charge in [0.2, 0.25) is 0 Å². The zero-order chi connectivity index (χ0) is 12.3. The number of hydrogen-bond donors (Lipinski definition) is 1. The summed E-state index contributed by atoms with van der Waals surface area (Å²) in [6.07, 6.45) is 0.889. The molecule has 1 unspecified atom stereocenters. The standard InChI is InChI=1S/C12H20N2OS/c1-6-9-8(4)13-11(14-12(9)16)10(15-5)7(2)3/h7,10H,6H2,1-5H3,(H,13,14,16). The molecule has 0 radical (unpaired) electrons. The molecule has 0 aliphatic rings. The second kappa shape index (κ2) is 5.55. The maximum atomic E-state index is 5.44. The molecule has 0 saturated heterocycles. The minimum Gasteiger partial charge on any atom is -0.373 e. The Morgan fingerprint density at radius 3 is 2.44 bits per heavy atom. The highest BCUT2D eigenvalue weighted by Crippen LogP contribution is 2.22. The summed E-state index contributed by atoms with van der Waals surface area (Å²) in [7, 11) is 1.70. The van der Waals surface area contributed by atoms with E-state index in [1.54, 1.807) is 7.11 Å². The number of aryl methyl sites for hydroxylation is 1. The lowest BCUT2D eigenvalue weighted by Gasteiger charge is -2.19. The number of rotatable bonds is 4. The van der Waals surface area contributed by atoms with E-state index in [2.05, 4.69) is 30.7 Å². The highest BCUT2D eigenvalue weighted by Gasteiger charge is 2.18. The van der Waals surface area contributed by atoms with Crippen molar-refractivity contribution in [3.05, 3.63) is 21.7 Å². The fraction of sp³-hybridized carbons (Fsp3) is 0.667. The molecular weight excluding hydrogens is 220 g/mol. The lowest BCUT2D eigenvalue weighted by atomic mass is 10.1. The van der Waals surface area contributed by atoms with Crippen LogP contribution in [0.1, 0.15) is 44.0 Å². The number of hydrogen-bond acceptors (Lipinski definition) is 3. The molecule has 0 bridgehead atoms. The van der Waals surface area contributed by atoms with Gasteiger partial charge in [0.25, 0.3) is 0 Å². The quantitative estimate of drug-likeness (QED) is 0.820. The van der Waals surface area contributed by atoms with Crippen LogP contribution >= 0.6 is 12.2 Å². The number of aromatic nitrogens is 2. The predicted octanol–water partition coefficient (Wildman–Crippen LogP) is 3.35. The number of methoxy groups -OCH3 is 1. The van der Waals surface area contributed by atoms with Crippen LogP contribution in [0.5, 0.6) is 0 Å². The Morgan fingerprint density at radius 2 is 2.06 bits per heavy atom. The van der Waals surface area contributed by atoms with Crippen molar-refractivity contribution in [2.75, 3.05) is 7.11 Å². The van der Waals surface area contributed by atoms with E-state index in [1.165, 1.54) is 0 Å². The van der Waals surface area contributed by atoms with Crippen LogP contribution in [0.15, 0.2) is 0 Å². The van der Waals surface area contributed by atoms with Crippen LogP contribution < -0.4 is 0 Å². The molecule has 3 nitrogen and oxygen atoms in total. The maximum absolute atomic E-state index is 5.44. The van der Waals surface area contributed by atoms with E-state index in [-0.39, 0.29) is 6.10 Å². The first-order chi connectivity index (χ1) is 7.51. The second-order valence-electron chi connectivity index (χ2n) is 4.28. The Hall–Kier alpha value is -0.740. The van der Waals surface area contributed by atoms with Crippen molar-refractivity contribution in [2.45, 2.75) is 40.2 Å². The average molecular weight is 240 g/mol. The summed E-state index contributed by atoms with van der Waals surface area (Å²) in [5.74, 6) is 1.20. The molecule has 0 aliphatic heterocycles. The number of aromatic amines is 1. The second-order valence-corrected chi connectivity index (χ2v) is 4.67. The summed E-state index contributed by atoms with van der Waals surface area (Å²) < 4.78 is 6.13. The molecule has 0 saturated carbocycles. The van der Waals surface area contributed by atoms with E-state index in [1.807, 2.05) is 6.92 Å². The molecular formula is C12H20N2OS. The Bertz CT molecular complexity index is 412. The highest BCUT2D eigenvalue weighted by atomic mass is 32.1. The minimum absolute atomic E-state index is 0.0219. The van der Waals surface area contributed by atoms with Crippen LogP contribution in [-0.4, -0.2) is 17.1 Å². The van der Waals surface area contributed by atoms with Crippen molar-refractivity contribution in [3.63, 3.8) is 0 Å². The zero-order valence-corrected chi connectivity index (χ0v) is 11.4. The van der Waals surface area contributed by atoms with Gasteiger partial charge >= 0.3 is 0 Å². The van der Waals surface area contributed by atoms with Gasteiger partial charge in [0.1, 0.15) is 16.6 Å². The summed E-state index contributed by atoms with van der Waals surface area (Å²) in [5, 5.41) is 0.